The number of hydrogen-bond acceptors (Lipinski definition) is 2. The second-order valence-corrected chi connectivity index (χ2v) is 6.99. The molecular formula is C16H31NO2. The third-order valence-electron chi connectivity index (χ3n) is 4.46. The summed E-state index contributed by atoms with van der Waals surface area (Å²) in [6.45, 7) is 7.93. The molecule has 1 amide bonds. The standard InChI is InChI=1S/C16H31NO2/c1-16(2,3)14-9-7-13(8-10-14)15(19)17-11-5-4-6-12-18/h13-14,18H,4-12H2,1-3H3,(H,17,19). The van der Waals surface area contributed by atoms with Crippen molar-refractivity contribution in [3.05, 3.63) is 0 Å². The number of rotatable bonds is 6. The minimum atomic E-state index is 0.233. The molecule has 19 heavy (non-hydrogen) atoms. The molecule has 112 valence electrons. The molecule has 0 atom stereocenters. The minimum Gasteiger partial charge on any atom is -0.396 e. The highest BCUT2D eigenvalue weighted by Crippen LogP contribution is 2.39. The fourth-order valence-electron chi connectivity index (χ4n) is 2.99. The van der Waals surface area contributed by atoms with E-state index < -0.39 is 0 Å². The normalized spacial score (nSPS) is 24.2. The molecule has 0 aliphatic heterocycles. The Hall–Kier alpha value is -0.570. The van der Waals surface area contributed by atoms with Crippen LogP contribution in [-0.2, 0) is 4.79 Å². The van der Waals surface area contributed by atoms with E-state index in [0.29, 0.717) is 5.41 Å². The molecule has 0 bridgehead atoms. The molecule has 0 aromatic heterocycles. The predicted molar refractivity (Wildman–Crippen MR) is 78.8 cm³/mol. The van der Waals surface area contributed by atoms with E-state index in [2.05, 4.69) is 26.1 Å². The zero-order valence-corrected chi connectivity index (χ0v) is 12.9. The van der Waals surface area contributed by atoms with Gasteiger partial charge in [0.15, 0.2) is 0 Å². The van der Waals surface area contributed by atoms with Gasteiger partial charge in [0.05, 0.1) is 0 Å². The Morgan fingerprint density at radius 1 is 1.11 bits per heavy atom. The first-order valence-corrected chi connectivity index (χ1v) is 7.83. The first-order valence-electron chi connectivity index (χ1n) is 7.83. The summed E-state index contributed by atoms with van der Waals surface area (Å²) < 4.78 is 0. The van der Waals surface area contributed by atoms with Crippen molar-refractivity contribution < 1.29 is 9.90 Å². The van der Waals surface area contributed by atoms with Crippen LogP contribution in [0.4, 0.5) is 0 Å². The zero-order valence-electron chi connectivity index (χ0n) is 12.9. The molecular weight excluding hydrogens is 238 g/mol. The fraction of sp³-hybridized carbons (Fsp3) is 0.938. The molecule has 1 aliphatic rings. The van der Waals surface area contributed by atoms with Gasteiger partial charge in [0, 0.05) is 19.1 Å². The molecule has 0 spiro atoms. The van der Waals surface area contributed by atoms with Crippen molar-refractivity contribution in [1.82, 2.24) is 5.32 Å². The summed E-state index contributed by atoms with van der Waals surface area (Å²) in [6.07, 6.45) is 7.27. The third kappa shape index (κ3) is 5.94. The summed E-state index contributed by atoms with van der Waals surface area (Å²) in [5.41, 5.74) is 0.381. The highest BCUT2D eigenvalue weighted by molar-refractivity contribution is 5.78. The number of nitrogens with one attached hydrogen (secondary N) is 1. The van der Waals surface area contributed by atoms with Crippen LogP contribution in [-0.4, -0.2) is 24.2 Å². The largest absolute Gasteiger partial charge is 0.396 e. The van der Waals surface area contributed by atoms with Crippen molar-refractivity contribution in [2.45, 2.75) is 65.7 Å². The van der Waals surface area contributed by atoms with Crippen LogP contribution in [0.15, 0.2) is 0 Å². The Morgan fingerprint density at radius 3 is 2.26 bits per heavy atom. The van der Waals surface area contributed by atoms with Crippen LogP contribution in [0.25, 0.3) is 0 Å². The molecule has 1 rings (SSSR count). The van der Waals surface area contributed by atoms with Gasteiger partial charge in [-0.1, -0.05) is 20.8 Å². The van der Waals surface area contributed by atoms with Gasteiger partial charge in [-0.25, -0.2) is 0 Å². The molecule has 0 aromatic carbocycles. The number of carbonyl (C=O) groups is 1. The SMILES string of the molecule is CC(C)(C)C1CCC(C(=O)NCCCCCO)CC1. The Kier molecular flexibility index (Phi) is 6.84. The first-order chi connectivity index (χ1) is 8.95. The number of unbranched alkanes of at least 4 members (excludes halogenated alkanes) is 2. The lowest BCUT2D eigenvalue weighted by Crippen LogP contribution is -2.35. The van der Waals surface area contributed by atoms with E-state index in [1.807, 2.05) is 0 Å². The molecule has 3 nitrogen and oxygen atoms in total. The summed E-state index contributed by atoms with van der Waals surface area (Å²) in [5, 5.41) is 11.7. The summed E-state index contributed by atoms with van der Waals surface area (Å²) in [4.78, 5) is 12.0. The maximum Gasteiger partial charge on any atom is 0.223 e. The number of amides is 1. The highest BCUT2D eigenvalue weighted by Gasteiger charge is 2.32. The summed E-state index contributed by atoms with van der Waals surface area (Å²) in [5.74, 6) is 1.24. The number of hydrogen-bond donors (Lipinski definition) is 2. The van der Waals surface area contributed by atoms with Gasteiger partial charge in [-0.05, 0) is 56.3 Å². The monoisotopic (exact) mass is 269 g/mol. The van der Waals surface area contributed by atoms with Crippen molar-refractivity contribution in [1.29, 1.82) is 0 Å². The maximum atomic E-state index is 12.0. The maximum absolute atomic E-state index is 12.0. The van der Waals surface area contributed by atoms with Crippen LogP contribution in [0.3, 0.4) is 0 Å². The topological polar surface area (TPSA) is 49.3 Å². The van der Waals surface area contributed by atoms with Gasteiger partial charge in [-0.3, -0.25) is 4.79 Å². The van der Waals surface area contributed by atoms with Crippen molar-refractivity contribution >= 4 is 5.91 Å². The molecule has 1 fully saturated rings. The molecule has 1 aliphatic carbocycles. The first kappa shape index (κ1) is 16.5. The third-order valence-corrected chi connectivity index (χ3v) is 4.46. The van der Waals surface area contributed by atoms with Gasteiger partial charge in [0.1, 0.15) is 0 Å². The highest BCUT2D eigenvalue weighted by atomic mass is 16.2. The van der Waals surface area contributed by atoms with E-state index in [1.165, 1.54) is 12.8 Å². The van der Waals surface area contributed by atoms with Crippen LogP contribution < -0.4 is 5.32 Å². The van der Waals surface area contributed by atoms with E-state index in [4.69, 9.17) is 5.11 Å². The van der Waals surface area contributed by atoms with Crippen LogP contribution in [0.2, 0.25) is 0 Å². The van der Waals surface area contributed by atoms with Crippen molar-refractivity contribution in [2.24, 2.45) is 17.3 Å². The molecule has 0 radical (unpaired) electrons. The van der Waals surface area contributed by atoms with Crippen LogP contribution in [0.1, 0.15) is 65.7 Å². The molecule has 0 aromatic rings. The van der Waals surface area contributed by atoms with Gasteiger partial charge in [-0.15, -0.1) is 0 Å². The molecule has 2 N–H and O–H groups in total. The Balaban J connectivity index is 2.18. The van der Waals surface area contributed by atoms with E-state index >= 15 is 0 Å². The molecule has 0 unspecified atom stereocenters. The second-order valence-electron chi connectivity index (χ2n) is 6.99. The number of carbonyl (C=O) groups excluding carboxylic acids is 1. The Labute approximate surface area is 118 Å². The van der Waals surface area contributed by atoms with Gasteiger partial charge in [0.25, 0.3) is 0 Å². The van der Waals surface area contributed by atoms with E-state index in [-0.39, 0.29) is 18.4 Å². The number of aliphatic hydroxyl groups is 1. The van der Waals surface area contributed by atoms with Crippen molar-refractivity contribution in [3.8, 4) is 0 Å². The molecule has 0 saturated heterocycles. The zero-order chi connectivity index (χ0) is 14.3. The van der Waals surface area contributed by atoms with Gasteiger partial charge < -0.3 is 10.4 Å². The Bertz CT molecular complexity index is 262. The number of aliphatic hydroxyl groups excluding tert-OH is 1. The fourth-order valence-corrected chi connectivity index (χ4v) is 2.99. The lowest BCUT2D eigenvalue weighted by atomic mass is 9.69. The summed E-state index contributed by atoms with van der Waals surface area (Å²) in [7, 11) is 0. The molecule has 1 saturated carbocycles. The van der Waals surface area contributed by atoms with Gasteiger partial charge >= 0.3 is 0 Å². The summed E-state index contributed by atoms with van der Waals surface area (Å²) in [6, 6.07) is 0. The smallest absolute Gasteiger partial charge is 0.223 e. The average Bonchev–Trinajstić information content (AvgIpc) is 2.37. The van der Waals surface area contributed by atoms with Crippen LogP contribution in [0.5, 0.6) is 0 Å². The second kappa shape index (κ2) is 7.88. The lowest BCUT2D eigenvalue weighted by molar-refractivity contribution is -0.126. The lowest BCUT2D eigenvalue weighted by Gasteiger charge is -2.36. The quantitative estimate of drug-likeness (QED) is 0.728. The Morgan fingerprint density at radius 2 is 1.74 bits per heavy atom. The minimum absolute atomic E-state index is 0.233. The molecule has 3 heteroatoms. The van der Waals surface area contributed by atoms with Crippen molar-refractivity contribution in [2.75, 3.05) is 13.2 Å². The van der Waals surface area contributed by atoms with Gasteiger partial charge in [-0.2, -0.15) is 0 Å². The van der Waals surface area contributed by atoms with Crippen LogP contribution in [0, 0.1) is 17.3 Å². The van der Waals surface area contributed by atoms with Crippen LogP contribution >= 0.6 is 0 Å². The summed E-state index contributed by atoms with van der Waals surface area (Å²) >= 11 is 0. The average molecular weight is 269 g/mol. The van der Waals surface area contributed by atoms with E-state index in [0.717, 1.165) is 44.6 Å². The van der Waals surface area contributed by atoms with E-state index in [1.54, 1.807) is 0 Å². The molecule has 0 heterocycles. The van der Waals surface area contributed by atoms with Crippen molar-refractivity contribution in [3.63, 3.8) is 0 Å². The van der Waals surface area contributed by atoms with Gasteiger partial charge in [0.2, 0.25) is 5.91 Å². The predicted octanol–water partition coefficient (Wildman–Crippen LogP) is 3.12. The van der Waals surface area contributed by atoms with E-state index in [9.17, 15) is 4.79 Å².